The number of alkyl halides is 1. The quantitative estimate of drug-likeness (QED) is 0.539. The summed E-state index contributed by atoms with van der Waals surface area (Å²) >= 11 is 0. The first-order chi connectivity index (χ1) is 6.04. The van der Waals surface area contributed by atoms with Gasteiger partial charge in [0.2, 0.25) is 0 Å². The second kappa shape index (κ2) is 3.88. The molecule has 0 aromatic carbocycles. The predicted octanol–water partition coefficient (Wildman–Crippen LogP) is -0.782. The van der Waals surface area contributed by atoms with Gasteiger partial charge in [0.25, 0.3) is 0 Å². The molecule has 0 amide bonds. The highest BCUT2D eigenvalue weighted by Gasteiger charge is 2.50. The van der Waals surface area contributed by atoms with E-state index in [1.165, 1.54) is 7.11 Å². The fourth-order valence-electron chi connectivity index (χ4n) is 1.71. The molecule has 0 aromatic rings. The van der Waals surface area contributed by atoms with E-state index in [1.54, 1.807) is 0 Å². The van der Waals surface area contributed by atoms with Crippen molar-refractivity contribution < 1.29 is 24.4 Å². The Morgan fingerprint density at radius 3 is 2.54 bits per heavy atom. The van der Waals surface area contributed by atoms with Gasteiger partial charge < -0.3 is 20.1 Å². The van der Waals surface area contributed by atoms with Crippen LogP contribution in [0.5, 0.6) is 0 Å². The number of hydrogen-bond donors (Lipinski definition) is 3. The molecule has 1 fully saturated rings. The Hall–Kier alpha value is -0.230. The number of rotatable bonds is 2. The number of ether oxygens (including phenoxy) is 1. The molecule has 1 saturated carbocycles. The van der Waals surface area contributed by atoms with Crippen LogP contribution in [0.1, 0.15) is 12.8 Å². The number of aliphatic hydroxyl groups excluding tert-OH is 3. The summed E-state index contributed by atoms with van der Waals surface area (Å²) in [5.41, 5.74) is -2.14. The van der Waals surface area contributed by atoms with Gasteiger partial charge in [-0.1, -0.05) is 0 Å². The summed E-state index contributed by atoms with van der Waals surface area (Å²) in [5, 5.41) is 27.4. The molecule has 0 saturated heterocycles. The Labute approximate surface area is 75.9 Å². The lowest BCUT2D eigenvalue weighted by atomic mass is 9.80. The van der Waals surface area contributed by atoms with Crippen molar-refractivity contribution in [2.75, 3.05) is 13.7 Å². The van der Waals surface area contributed by atoms with Gasteiger partial charge in [0.05, 0.1) is 24.9 Å². The Morgan fingerprint density at radius 2 is 2.08 bits per heavy atom. The molecule has 0 bridgehead atoms. The first-order valence-corrected chi connectivity index (χ1v) is 4.23. The second-order valence-electron chi connectivity index (χ2n) is 3.45. The van der Waals surface area contributed by atoms with Crippen molar-refractivity contribution in [2.45, 2.75) is 36.8 Å². The predicted molar refractivity (Wildman–Crippen MR) is 43.0 cm³/mol. The largest absolute Gasteiger partial charge is 0.393 e. The lowest BCUT2D eigenvalue weighted by molar-refractivity contribution is -0.173. The van der Waals surface area contributed by atoms with E-state index in [9.17, 15) is 14.6 Å². The van der Waals surface area contributed by atoms with E-state index in [1.807, 2.05) is 0 Å². The molecule has 3 N–H and O–H groups in total. The summed E-state index contributed by atoms with van der Waals surface area (Å²) in [4.78, 5) is 0. The van der Waals surface area contributed by atoms with E-state index < -0.39 is 30.6 Å². The fraction of sp³-hybridized carbons (Fsp3) is 1.00. The standard InChI is InChI=1S/C8H15FO4/c1-13-7-3-5(11)2-6(12)8(7,9)4-10/h5-7,10-12H,2-4H2,1H3/t5-,6+,7-,8-/m0/s1. The van der Waals surface area contributed by atoms with Crippen LogP contribution in [-0.2, 0) is 4.74 Å². The van der Waals surface area contributed by atoms with Gasteiger partial charge in [0, 0.05) is 20.0 Å². The molecule has 0 radical (unpaired) electrons. The maximum absolute atomic E-state index is 13.8. The average molecular weight is 194 g/mol. The molecule has 0 heterocycles. The number of methoxy groups -OCH3 is 1. The van der Waals surface area contributed by atoms with Gasteiger partial charge in [-0.25, -0.2) is 4.39 Å². The van der Waals surface area contributed by atoms with E-state index >= 15 is 0 Å². The van der Waals surface area contributed by atoms with Gasteiger partial charge in [-0.05, 0) is 0 Å². The van der Waals surface area contributed by atoms with Crippen molar-refractivity contribution in [3.05, 3.63) is 0 Å². The Morgan fingerprint density at radius 1 is 1.46 bits per heavy atom. The van der Waals surface area contributed by atoms with Crippen LogP contribution in [0.4, 0.5) is 4.39 Å². The Bertz CT molecular complexity index is 178. The molecular weight excluding hydrogens is 179 g/mol. The maximum Gasteiger partial charge on any atom is 0.185 e. The third kappa shape index (κ3) is 1.83. The lowest BCUT2D eigenvalue weighted by Gasteiger charge is -2.41. The van der Waals surface area contributed by atoms with Crippen molar-refractivity contribution in [1.82, 2.24) is 0 Å². The van der Waals surface area contributed by atoms with Crippen molar-refractivity contribution in [3.63, 3.8) is 0 Å². The van der Waals surface area contributed by atoms with Gasteiger partial charge in [-0.2, -0.15) is 0 Å². The zero-order valence-electron chi connectivity index (χ0n) is 7.48. The molecular formula is C8H15FO4. The maximum atomic E-state index is 13.8. The summed E-state index contributed by atoms with van der Waals surface area (Å²) in [6.45, 7) is -0.792. The number of halogens is 1. The average Bonchev–Trinajstić information content (AvgIpc) is 2.11. The second-order valence-corrected chi connectivity index (χ2v) is 3.45. The zero-order chi connectivity index (χ0) is 10.1. The summed E-state index contributed by atoms with van der Waals surface area (Å²) in [5.74, 6) is 0. The SMILES string of the molecule is CO[C@H]1C[C@@H](O)C[C@@H](O)[C@@]1(F)CO. The molecule has 78 valence electrons. The molecule has 4 atom stereocenters. The van der Waals surface area contributed by atoms with Crippen molar-refractivity contribution >= 4 is 0 Å². The van der Waals surface area contributed by atoms with Crippen molar-refractivity contribution in [3.8, 4) is 0 Å². The summed E-state index contributed by atoms with van der Waals surface area (Å²) in [6, 6.07) is 0. The van der Waals surface area contributed by atoms with E-state index in [0.29, 0.717) is 0 Å². The highest BCUT2D eigenvalue weighted by atomic mass is 19.1. The fourth-order valence-corrected chi connectivity index (χ4v) is 1.71. The normalized spacial score (nSPS) is 46.4. The van der Waals surface area contributed by atoms with E-state index in [0.717, 1.165) is 0 Å². The third-order valence-corrected chi connectivity index (χ3v) is 2.60. The molecule has 13 heavy (non-hydrogen) atoms. The minimum Gasteiger partial charge on any atom is -0.393 e. The molecule has 0 spiro atoms. The van der Waals surface area contributed by atoms with E-state index in [2.05, 4.69) is 0 Å². The first-order valence-electron chi connectivity index (χ1n) is 4.23. The van der Waals surface area contributed by atoms with Crippen LogP contribution in [0.15, 0.2) is 0 Å². The molecule has 1 aliphatic carbocycles. The van der Waals surface area contributed by atoms with Gasteiger partial charge in [0.15, 0.2) is 5.67 Å². The zero-order valence-corrected chi connectivity index (χ0v) is 7.48. The third-order valence-electron chi connectivity index (χ3n) is 2.60. The molecule has 4 nitrogen and oxygen atoms in total. The van der Waals surface area contributed by atoms with Crippen LogP contribution in [0, 0.1) is 0 Å². The van der Waals surface area contributed by atoms with Crippen LogP contribution in [0.3, 0.4) is 0 Å². The van der Waals surface area contributed by atoms with Gasteiger partial charge in [0.1, 0.15) is 0 Å². The minimum atomic E-state index is -2.14. The highest BCUT2D eigenvalue weighted by Crippen LogP contribution is 2.34. The van der Waals surface area contributed by atoms with Crippen LogP contribution in [-0.4, -0.2) is 53.0 Å². The van der Waals surface area contributed by atoms with Crippen LogP contribution in [0.25, 0.3) is 0 Å². The highest BCUT2D eigenvalue weighted by molar-refractivity contribution is 5.00. The van der Waals surface area contributed by atoms with Crippen LogP contribution in [0.2, 0.25) is 0 Å². The molecule has 1 rings (SSSR count). The van der Waals surface area contributed by atoms with Crippen molar-refractivity contribution in [2.24, 2.45) is 0 Å². The van der Waals surface area contributed by atoms with Gasteiger partial charge >= 0.3 is 0 Å². The molecule has 5 heteroatoms. The Kier molecular flexibility index (Phi) is 3.23. The molecule has 0 aliphatic heterocycles. The minimum absolute atomic E-state index is 0.0586. The molecule has 0 aromatic heterocycles. The van der Waals surface area contributed by atoms with E-state index in [4.69, 9.17) is 9.84 Å². The molecule has 1 aliphatic rings. The summed E-state index contributed by atoms with van der Waals surface area (Å²) in [6.07, 6.45) is -3.04. The molecule has 0 unspecified atom stereocenters. The van der Waals surface area contributed by atoms with Crippen LogP contribution >= 0.6 is 0 Å². The van der Waals surface area contributed by atoms with Crippen molar-refractivity contribution in [1.29, 1.82) is 0 Å². The topological polar surface area (TPSA) is 69.9 Å². The summed E-state index contributed by atoms with van der Waals surface area (Å²) < 4.78 is 18.6. The first kappa shape index (κ1) is 10.8. The lowest BCUT2D eigenvalue weighted by Crippen LogP contribution is -2.57. The smallest absolute Gasteiger partial charge is 0.185 e. The summed E-state index contributed by atoms with van der Waals surface area (Å²) in [7, 11) is 1.29. The number of hydrogen-bond acceptors (Lipinski definition) is 4. The van der Waals surface area contributed by atoms with Crippen LogP contribution < -0.4 is 0 Å². The van der Waals surface area contributed by atoms with Gasteiger partial charge in [-0.15, -0.1) is 0 Å². The van der Waals surface area contributed by atoms with Gasteiger partial charge in [-0.3, -0.25) is 0 Å². The Balaban J connectivity index is 2.77. The number of aliphatic hydroxyl groups is 3. The van der Waals surface area contributed by atoms with E-state index in [-0.39, 0.29) is 12.8 Å². The monoisotopic (exact) mass is 194 g/mol.